The molecule has 2 rings (SSSR count). The van der Waals surface area contributed by atoms with Crippen LogP contribution in [0.3, 0.4) is 0 Å². The smallest absolute Gasteiger partial charge is 0.342 e. The van der Waals surface area contributed by atoms with Gasteiger partial charge in [-0.25, -0.2) is 4.79 Å². The Bertz CT molecular complexity index is 935. The summed E-state index contributed by atoms with van der Waals surface area (Å²) in [7, 11) is -2.62. The van der Waals surface area contributed by atoms with Crippen LogP contribution >= 0.6 is 7.14 Å². The minimum Gasteiger partial charge on any atom is -0.543 e. The first kappa shape index (κ1) is 25.7. The molecule has 0 aliphatic carbocycles. The second-order valence-electron chi connectivity index (χ2n) is 10.6. The van der Waals surface area contributed by atoms with Crippen LogP contribution in [-0.2, 0) is 22.3 Å². The topological polar surface area (TPSA) is 61.8 Å². The third-order valence-electron chi connectivity index (χ3n) is 6.49. The van der Waals surface area contributed by atoms with Crippen molar-refractivity contribution in [2.24, 2.45) is 0 Å². The van der Waals surface area contributed by atoms with Crippen molar-refractivity contribution in [1.29, 1.82) is 0 Å². The molecule has 0 N–H and O–H groups in total. The van der Waals surface area contributed by atoms with Gasteiger partial charge < -0.3 is 18.5 Å². The molecule has 0 amide bonds. The lowest BCUT2D eigenvalue weighted by Gasteiger charge is -2.37. The lowest BCUT2D eigenvalue weighted by molar-refractivity contribution is 0.0533. The molecule has 7 heteroatoms. The van der Waals surface area contributed by atoms with E-state index < -0.39 is 15.5 Å². The van der Waals surface area contributed by atoms with Gasteiger partial charge in [-0.05, 0) is 63.7 Å². The van der Waals surface area contributed by atoms with E-state index in [-0.39, 0.29) is 17.6 Å². The number of hydrogen-bond donors (Lipinski definition) is 0. The molecule has 0 bridgehead atoms. The van der Waals surface area contributed by atoms with Crippen LogP contribution in [0.15, 0.2) is 11.6 Å². The van der Waals surface area contributed by atoms with Gasteiger partial charge in [-0.3, -0.25) is 0 Å². The van der Waals surface area contributed by atoms with Crippen molar-refractivity contribution in [3.05, 3.63) is 33.9 Å². The van der Waals surface area contributed by atoms with Gasteiger partial charge in [0.2, 0.25) is 0 Å². The molecule has 5 nitrogen and oxygen atoms in total. The zero-order valence-electron chi connectivity index (χ0n) is 20.9. The van der Waals surface area contributed by atoms with E-state index in [4.69, 9.17) is 13.9 Å². The zero-order valence-corrected chi connectivity index (χ0v) is 22.8. The zero-order chi connectivity index (χ0) is 23.8. The van der Waals surface area contributed by atoms with Crippen LogP contribution in [0.5, 0.6) is 11.5 Å². The van der Waals surface area contributed by atoms with E-state index in [1.165, 1.54) is 5.57 Å². The second-order valence-corrected chi connectivity index (χ2v) is 18.9. The third-order valence-corrected chi connectivity index (χ3v) is 12.1. The first-order valence-corrected chi connectivity index (χ1v) is 16.6. The summed E-state index contributed by atoms with van der Waals surface area (Å²) in [4.78, 5) is 12.7. The van der Waals surface area contributed by atoms with E-state index in [9.17, 15) is 9.36 Å². The molecule has 31 heavy (non-hydrogen) atoms. The average molecular weight is 467 g/mol. The molecular formula is C24H39O5PSi. The Kier molecular flexibility index (Phi) is 7.59. The molecule has 0 radical (unpaired) electrons. The van der Waals surface area contributed by atoms with Crippen molar-refractivity contribution >= 4 is 21.4 Å². The van der Waals surface area contributed by atoms with Crippen molar-refractivity contribution in [3.63, 3.8) is 0 Å². The van der Waals surface area contributed by atoms with Crippen molar-refractivity contribution in [2.75, 3.05) is 26.6 Å². The molecule has 0 spiro atoms. The summed E-state index contributed by atoms with van der Waals surface area (Å²) in [5, 5.41) is -0.0209. The summed E-state index contributed by atoms with van der Waals surface area (Å²) in [6.45, 7) is 18.8. The van der Waals surface area contributed by atoms with E-state index in [1.54, 1.807) is 7.11 Å². The molecule has 0 saturated carbocycles. The lowest BCUT2D eigenvalue weighted by atomic mass is 9.95. The van der Waals surface area contributed by atoms with Gasteiger partial charge in [-0.1, -0.05) is 32.4 Å². The van der Waals surface area contributed by atoms with Crippen LogP contribution in [0.2, 0.25) is 18.1 Å². The number of methoxy groups -OCH3 is 1. The van der Waals surface area contributed by atoms with E-state index in [0.29, 0.717) is 23.9 Å². The minimum absolute atomic E-state index is 0.0209. The molecule has 1 heterocycles. The third kappa shape index (κ3) is 5.84. The normalized spacial score (nSPS) is 15.0. The predicted molar refractivity (Wildman–Crippen MR) is 131 cm³/mol. The highest BCUT2D eigenvalue weighted by Gasteiger charge is 2.42. The summed E-state index contributed by atoms with van der Waals surface area (Å²) in [5.41, 5.74) is 4.40. The predicted octanol–water partition coefficient (Wildman–Crippen LogP) is 6.56. The number of cyclic esters (lactones) is 1. The number of fused-ring (bicyclic) bond motifs is 1. The van der Waals surface area contributed by atoms with Gasteiger partial charge in [0.15, 0.2) is 0 Å². The van der Waals surface area contributed by atoms with Crippen LogP contribution in [0.25, 0.3) is 0 Å². The van der Waals surface area contributed by atoms with Crippen LogP contribution in [0.1, 0.15) is 61.2 Å². The molecule has 1 aliphatic heterocycles. The van der Waals surface area contributed by atoms with Gasteiger partial charge in [0.25, 0.3) is 8.32 Å². The van der Waals surface area contributed by atoms with Gasteiger partial charge in [0.1, 0.15) is 23.7 Å². The Hall–Kier alpha value is -1.52. The lowest BCUT2D eigenvalue weighted by Crippen LogP contribution is -2.44. The summed E-state index contributed by atoms with van der Waals surface area (Å²) >= 11 is 0. The number of carbonyl (C=O) groups is 1. The largest absolute Gasteiger partial charge is 0.543 e. The molecule has 0 aromatic heterocycles. The highest BCUT2D eigenvalue weighted by molar-refractivity contribution is 7.62. The number of rotatable bonds is 8. The standard InChI is InChI=1S/C24H39O5PSi/c1-16(13-14-30(7,8)26)11-12-18-21(27-6)17(2)19-15-28-23(25)20(19)22(18)29-31(9,10)24(3,4)5/h11H,12-15H2,1-10H3/b16-11+. The maximum atomic E-state index is 12.7. The van der Waals surface area contributed by atoms with Crippen LogP contribution in [0, 0.1) is 6.92 Å². The molecular weight excluding hydrogens is 427 g/mol. The van der Waals surface area contributed by atoms with Crippen molar-refractivity contribution < 1.29 is 23.3 Å². The van der Waals surface area contributed by atoms with E-state index in [0.717, 1.165) is 28.9 Å². The monoisotopic (exact) mass is 466 g/mol. The molecule has 1 aliphatic rings. The van der Waals surface area contributed by atoms with Gasteiger partial charge in [-0.15, -0.1) is 0 Å². The van der Waals surface area contributed by atoms with Gasteiger partial charge in [0.05, 0.1) is 14.3 Å². The summed E-state index contributed by atoms with van der Waals surface area (Å²) in [6.07, 6.45) is 4.20. The molecule has 0 saturated heterocycles. The number of hydrogen-bond acceptors (Lipinski definition) is 5. The SMILES string of the molecule is COc1c(C)c2c(c(O[Si](C)(C)C(C)(C)C)c1C/C=C(\C)CCP(C)(C)=O)C(=O)OC2. The molecule has 174 valence electrons. The van der Waals surface area contributed by atoms with E-state index in [2.05, 4.69) is 46.9 Å². The first-order valence-electron chi connectivity index (χ1n) is 10.9. The fourth-order valence-electron chi connectivity index (χ4n) is 3.35. The fourth-order valence-corrected chi connectivity index (χ4v) is 5.29. The molecule has 0 atom stereocenters. The van der Waals surface area contributed by atoms with Gasteiger partial charge in [0, 0.05) is 17.3 Å². The van der Waals surface area contributed by atoms with Gasteiger partial charge in [-0.2, -0.15) is 0 Å². The molecule has 1 aromatic rings. The van der Waals surface area contributed by atoms with Crippen LogP contribution in [-0.4, -0.2) is 40.9 Å². The summed E-state index contributed by atoms with van der Waals surface area (Å²) < 4.78 is 30.0. The van der Waals surface area contributed by atoms with Crippen molar-refractivity contribution in [2.45, 2.75) is 72.2 Å². The van der Waals surface area contributed by atoms with Crippen molar-refractivity contribution in [1.82, 2.24) is 0 Å². The second kappa shape index (κ2) is 9.15. The Morgan fingerprint density at radius 1 is 1.23 bits per heavy atom. The number of carbonyl (C=O) groups excluding carboxylic acids is 1. The van der Waals surface area contributed by atoms with E-state index in [1.807, 2.05) is 20.3 Å². The Balaban J connectivity index is 2.60. The molecule has 0 unspecified atom stereocenters. The maximum absolute atomic E-state index is 12.7. The number of ether oxygens (including phenoxy) is 2. The Morgan fingerprint density at radius 3 is 2.35 bits per heavy atom. The Morgan fingerprint density at radius 2 is 1.84 bits per heavy atom. The van der Waals surface area contributed by atoms with E-state index >= 15 is 0 Å². The highest BCUT2D eigenvalue weighted by atomic mass is 31.2. The first-order chi connectivity index (χ1) is 14.1. The quantitative estimate of drug-likeness (QED) is 0.188. The molecule has 1 aromatic carbocycles. The average Bonchev–Trinajstić information content (AvgIpc) is 3.01. The number of allylic oxidation sites excluding steroid dienone is 2. The van der Waals surface area contributed by atoms with Gasteiger partial charge >= 0.3 is 5.97 Å². The van der Waals surface area contributed by atoms with Crippen molar-refractivity contribution in [3.8, 4) is 11.5 Å². The minimum atomic E-state index is -2.22. The number of esters is 1. The number of benzene rings is 1. The summed E-state index contributed by atoms with van der Waals surface area (Å²) in [5.74, 6) is 1.05. The van der Waals surface area contributed by atoms with Crippen LogP contribution in [0.4, 0.5) is 0 Å². The maximum Gasteiger partial charge on any atom is 0.342 e. The summed E-state index contributed by atoms with van der Waals surface area (Å²) in [6, 6.07) is 0. The van der Waals surface area contributed by atoms with Crippen LogP contribution < -0.4 is 9.16 Å². The Labute approximate surface area is 189 Å². The molecule has 0 fully saturated rings. The highest BCUT2D eigenvalue weighted by Crippen LogP contribution is 2.46. The fraction of sp³-hybridized carbons (Fsp3) is 0.625.